The van der Waals surface area contributed by atoms with Gasteiger partial charge in [0.1, 0.15) is 11.2 Å². The summed E-state index contributed by atoms with van der Waals surface area (Å²) in [4.78, 5) is 2.39. The van der Waals surface area contributed by atoms with Crippen molar-refractivity contribution in [2.45, 2.75) is 13.3 Å². The van der Waals surface area contributed by atoms with E-state index in [1.807, 2.05) is 12.1 Å². The van der Waals surface area contributed by atoms with Crippen LogP contribution in [0.3, 0.4) is 0 Å². The Bertz CT molecular complexity index is 3480. The summed E-state index contributed by atoms with van der Waals surface area (Å²) < 4.78 is 6.27. The number of nitrogens with zero attached hydrogens (tertiary/aromatic N) is 1. The van der Waals surface area contributed by atoms with Crippen LogP contribution in [0.4, 0.5) is 17.1 Å². The number of rotatable bonds is 6. The van der Waals surface area contributed by atoms with Crippen LogP contribution in [0, 0.1) is 5.92 Å². The highest BCUT2D eigenvalue weighted by atomic mass is 16.3. The van der Waals surface area contributed by atoms with E-state index in [0.29, 0.717) is 5.92 Å². The molecule has 12 rings (SSSR count). The van der Waals surface area contributed by atoms with Gasteiger partial charge in [0.15, 0.2) is 0 Å². The molecule has 2 nitrogen and oxygen atoms in total. The number of para-hydroxylation sites is 1. The maximum absolute atomic E-state index is 6.27. The fourth-order valence-electron chi connectivity index (χ4n) is 9.78. The molecule has 1 unspecified atom stereocenters. The maximum Gasteiger partial charge on any atom is 0.136 e. The number of hydrogen-bond donors (Lipinski definition) is 0. The maximum atomic E-state index is 6.27. The van der Waals surface area contributed by atoms with Crippen molar-refractivity contribution in [3.63, 3.8) is 0 Å². The average Bonchev–Trinajstić information content (AvgIpc) is 3.70. The minimum Gasteiger partial charge on any atom is -0.456 e. The fraction of sp³-hybridized carbons (Fsp3) is 0.0508. The number of anilines is 3. The molecule has 288 valence electrons. The van der Waals surface area contributed by atoms with Gasteiger partial charge in [0.2, 0.25) is 0 Å². The van der Waals surface area contributed by atoms with Gasteiger partial charge in [0.25, 0.3) is 0 Å². The largest absolute Gasteiger partial charge is 0.456 e. The molecule has 0 radical (unpaired) electrons. The Morgan fingerprint density at radius 2 is 0.934 bits per heavy atom. The van der Waals surface area contributed by atoms with Crippen LogP contribution in [-0.2, 0) is 6.42 Å². The van der Waals surface area contributed by atoms with Gasteiger partial charge in [-0.3, -0.25) is 0 Å². The summed E-state index contributed by atoms with van der Waals surface area (Å²) in [5.41, 5.74) is 15.1. The molecule has 0 spiro atoms. The van der Waals surface area contributed by atoms with Gasteiger partial charge < -0.3 is 9.32 Å². The van der Waals surface area contributed by atoms with Gasteiger partial charge in [-0.25, -0.2) is 0 Å². The molecular formula is C59H41NO. The zero-order valence-corrected chi connectivity index (χ0v) is 33.8. The minimum absolute atomic E-state index is 0.513. The van der Waals surface area contributed by atoms with Crippen molar-refractivity contribution in [2.75, 3.05) is 4.90 Å². The Morgan fingerprint density at radius 3 is 1.62 bits per heavy atom. The van der Waals surface area contributed by atoms with Crippen LogP contribution in [0.5, 0.6) is 0 Å². The number of allylic oxidation sites excluding steroid dienone is 1. The molecule has 0 amide bonds. The molecule has 1 atom stereocenters. The Kier molecular flexibility index (Phi) is 8.24. The predicted molar refractivity (Wildman–Crippen MR) is 259 cm³/mol. The van der Waals surface area contributed by atoms with Crippen LogP contribution in [0.25, 0.3) is 93.7 Å². The Balaban J connectivity index is 0.954. The van der Waals surface area contributed by atoms with E-state index in [2.05, 4.69) is 212 Å². The molecule has 0 fully saturated rings. The smallest absolute Gasteiger partial charge is 0.136 e. The molecule has 0 N–H and O–H groups in total. The molecule has 1 aliphatic carbocycles. The average molecular weight is 780 g/mol. The van der Waals surface area contributed by atoms with E-state index in [-0.39, 0.29) is 0 Å². The zero-order valence-electron chi connectivity index (χ0n) is 33.8. The van der Waals surface area contributed by atoms with Crippen LogP contribution in [0.2, 0.25) is 0 Å². The first-order chi connectivity index (χ1) is 30.1. The van der Waals surface area contributed by atoms with Crippen molar-refractivity contribution >= 4 is 77.4 Å². The second-order valence-corrected chi connectivity index (χ2v) is 16.6. The minimum atomic E-state index is 0.513. The quantitative estimate of drug-likeness (QED) is 0.156. The third-order valence-corrected chi connectivity index (χ3v) is 12.8. The number of benzene rings is 10. The first-order valence-corrected chi connectivity index (χ1v) is 21.3. The summed E-state index contributed by atoms with van der Waals surface area (Å²) in [5, 5.41) is 10.0. The monoisotopic (exact) mass is 779 g/mol. The lowest BCUT2D eigenvalue weighted by Gasteiger charge is -2.27. The number of furan rings is 1. The van der Waals surface area contributed by atoms with Crippen LogP contribution in [-0.4, -0.2) is 0 Å². The Morgan fingerprint density at radius 1 is 0.393 bits per heavy atom. The van der Waals surface area contributed by atoms with E-state index in [1.165, 1.54) is 65.7 Å². The topological polar surface area (TPSA) is 16.4 Å². The lowest BCUT2D eigenvalue weighted by Crippen LogP contribution is -2.10. The summed E-state index contributed by atoms with van der Waals surface area (Å²) in [7, 11) is 0. The predicted octanol–water partition coefficient (Wildman–Crippen LogP) is 16.7. The summed E-state index contributed by atoms with van der Waals surface area (Å²) in [6.45, 7) is 2.30. The first kappa shape index (κ1) is 35.3. The Hall–Kier alpha value is -7.68. The molecular weight excluding hydrogens is 739 g/mol. The van der Waals surface area contributed by atoms with E-state index in [9.17, 15) is 0 Å². The molecule has 1 aromatic heterocycles. The summed E-state index contributed by atoms with van der Waals surface area (Å²) in [6, 6.07) is 73.1. The van der Waals surface area contributed by atoms with Gasteiger partial charge >= 0.3 is 0 Å². The molecule has 0 saturated carbocycles. The molecule has 10 aromatic carbocycles. The zero-order chi connectivity index (χ0) is 40.4. The third kappa shape index (κ3) is 6.02. The molecule has 2 heteroatoms. The molecule has 1 heterocycles. The molecule has 0 bridgehead atoms. The van der Waals surface area contributed by atoms with Crippen molar-refractivity contribution < 1.29 is 4.42 Å². The molecule has 0 aliphatic heterocycles. The summed E-state index contributed by atoms with van der Waals surface area (Å²) in [6.07, 6.45) is 5.66. The van der Waals surface area contributed by atoms with Crippen LogP contribution in [0.1, 0.15) is 18.1 Å². The lowest BCUT2D eigenvalue weighted by atomic mass is 9.85. The van der Waals surface area contributed by atoms with E-state index in [1.54, 1.807) is 0 Å². The fourth-order valence-corrected chi connectivity index (χ4v) is 9.78. The molecule has 1 aliphatic rings. The first-order valence-electron chi connectivity index (χ1n) is 21.3. The van der Waals surface area contributed by atoms with Gasteiger partial charge in [-0.2, -0.15) is 0 Å². The van der Waals surface area contributed by atoms with Gasteiger partial charge in [0, 0.05) is 27.8 Å². The van der Waals surface area contributed by atoms with Crippen LogP contribution in [0.15, 0.2) is 211 Å². The van der Waals surface area contributed by atoms with Crippen molar-refractivity contribution in [3.8, 4) is 33.4 Å². The number of fused-ring (bicyclic) bond motifs is 10. The van der Waals surface area contributed by atoms with Crippen molar-refractivity contribution in [1.82, 2.24) is 0 Å². The highest BCUT2D eigenvalue weighted by Crippen LogP contribution is 2.42. The summed E-state index contributed by atoms with van der Waals surface area (Å²) in [5.74, 6) is 0.513. The van der Waals surface area contributed by atoms with Crippen molar-refractivity contribution in [3.05, 3.63) is 217 Å². The van der Waals surface area contributed by atoms with Gasteiger partial charge in [-0.1, -0.05) is 159 Å². The highest BCUT2D eigenvalue weighted by molar-refractivity contribution is 6.25. The molecule has 0 saturated heterocycles. The second-order valence-electron chi connectivity index (χ2n) is 16.6. The van der Waals surface area contributed by atoms with E-state index < -0.39 is 0 Å². The molecule has 11 aromatic rings. The second kappa shape index (κ2) is 14.3. The van der Waals surface area contributed by atoms with Crippen molar-refractivity contribution in [1.29, 1.82) is 0 Å². The van der Waals surface area contributed by atoms with Gasteiger partial charge in [-0.05, 0) is 150 Å². The van der Waals surface area contributed by atoms with Crippen LogP contribution < -0.4 is 4.90 Å². The lowest BCUT2D eigenvalue weighted by molar-refractivity contribution is 0.669. The van der Waals surface area contributed by atoms with Crippen molar-refractivity contribution in [2.24, 2.45) is 5.92 Å². The SMILES string of the molecule is CC1C=Cc2cccc(-c3cccc(N(c4ccc(-c5ccc6c(c5)oc5ccccc56)cc4)c4ccc(-c5ccc6c7ccccc7c7ccccc7c6c5)cc4)c3)c2C1. The van der Waals surface area contributed by atoms with E-state index >= 15 is 0 Å². The number of hydrogen-bond acceptors (Lipinski definition) is 2. The van der Waals surface area contributed by atoms with Gasteiger partial charge in [-0.15, -0.1) is 0 Å². The standard InChI is InChI=1S/C59H41NO/c1-38-20-21-41-10-9-18-48(56(41)34-38)44-11-8-12-47(35-44)60(46-30-24-40(25-31-46)43-27-33-55-54-17-6-7-19-58(54)61-59(55)37-43)45-28-22-39(23-29-45)42-26-32-53-51-15-3-2-13-49(51)50-14-4-5-16-52(50)57(53)36-42/h2-33,35-38H,34H2,1H3. The van der Waals surface area contributed by atoms with Gasteiger partial charge in [0.05, 0.1) is 0 Å². The van der Waals surface area contributed by atoms with Crippen LogP contribution >= 0.6 is 0 Å². The van der Waals surface area contributed by atoms with E-state index in [4.69, 9.17) is 4.42 Å². The van der Waals surface area contributed by atoms with E-state index in [0.717, 1.165) is 56.5 Å². The molecule has 61 heavy (non-hydrogen) atoms. The normalized spacial score (nSPS) is 13.7. The Labute approximate surface area is 355 Å². The highest BCUT2D eigenvalue weighted by Gasteiger charge is 2.19. The summed E-state index contributed by atoms with van der Waals surface area (Å²) >= 11 is 0. The third-order valence-electron chi connectivity index (χ3n) is 12.8.